The summed E-state index contributed by atoms with van der Waals surface area (Å²) in [4.78, 5) is 8.79. The van der Waals surface area contributed by atoms with Gasteiger partial charge in [-0.05, 0) is 24.6 Å². The number of rotatable bonds is 7. The second kappa shape index (κ2) is 7.47. The normalized spacial score (nSPS) is 10.2. The number of nitrogens with zero attached hydrogens (tertiary/aromatic N) is 2. The van der Waals surface area contributed by atoms with Crippen molar-refractivity contribution in [1.29, 1.82) is 0 Å². The zero-order valence-corrected chi connectivity index (χ0v) is 12.7. The Kier molecular flexibility index (Phi) is 5.37. The molecule has 0 spiro atoms. The molecule has 5 nitrogen and oxygen atoms in total. The van der Waals surface area contributed by atoms with Crippen LogP contribution in [0.2, 0.25) is 0 Å². The lowest BCUT2D eigenvalue weighted by Gasteiger charge is -2.10. The molecular formula is C16H21N3O2. The van der Waals surface area contributed by atoms with Crippen LogP contribution in [0.25, 0.3) is 0 Å². The van der Waals surface area contributed by atoms with Crippen molar-refractivity contribution < 1.29 is 9.47 Å². The Morgan fingerprint density at radius 2 is 1.86 bits per heavy atom. The SMILES string of the molecule is CCOc1cc(NCc2ccc(OC)cc2)nc(CC)n1. The summed E-state index contributed by atoms with van der Waals surface area (Å²) in [5, 5.41) is 3.30. The summed E-state index contributed by atoms with van der Waals surface area (Å²) in [6, 6.07) is 9.76. The Morgan fingerprint density at radius 3 is 2.48 bits per heavy atom. The standard InChI is InChI=1S/C16H21N3O2/c1-4-14-18-15(10-16(19-14)21-5-2)17-11-12-6-8-13(20-3)9-7-12/h6-10H,4-5,11H2,1-3H3,(H,17,18,19). The summed E-state index contributed by atoms with van der Waals surface area (Å²) in [5.41, 5.74) is 1.16. The number of methoxy groups -OCH3 is 1. The summed E-state index contributed by atoms with van der Waals surface area (Å²) >= 11 is 0. The van der Waals surface area contributed by atoms with Crippen molar-refractivity contribution >= 4 is 5.82 Å². The van der Waals surface area contributed by atoms with Crippen LogP contribution in [0.15, 0.2) is 30.3 Å². The van der Waals surface area contributed by atoms with E-state index in [2.05, 4.69) is 15.3 Å². The van der Waals surface area contributed by atoms with E-state index in [1.807, 2.05) is 44.2 Å². The fourth-order valence-electron chi connectivity index (χ4n) is 1.88. The van der Waals surface area contributed by atoms with Gasteiger partial charge in [0.05, 0.1) is 13.7 Å². The molecule has 0 amide bonds. The molecule has 1 N–H and O–H groups in total. The van der Waals surface area contributed by atoms with Gasteiger partial charge in [0.15, 0.2) is 0 Å². The van der Waals surface area contributed by atoms with Crippen LogP contribution in [-0.2, 0) is 13.0 Å². The molecule has 2 aromatic rings. The molecule has 0 saturated heterocycles. The lowest BCUT2D eigenvalue weighted by atomic mass is 10.2. The van der Waals surface area contributed by atoms with Crippen LogP contribution in [0.3, 0.4) is 0 Å². The fraction of sp³-hybridized carbons (Fsp3) is 0.375. The van der Waals surface area contributed by atoms with Gasteiger partial charge >= 0.3 is 0 Å². The first-order chi connectivity index (χ1) is 10.2. The number of anilines is 1. The molecule has 0 unspecified atom stereocenters. The fourth-order valence-corrected chi connectivity index (χ4v) is 1.88. The zero-order valence-electron chi connectivity index (χ0n) is 12.7. The average Bonchev–Trinajstić information content (AvgIpc) is 2.53. The smallest absolute Gasteiger partial charge is 0.218 e. The van der Waals surface area contributed by atoms with Crippen LogP contribution in [0.5, 0.6) is 11.6 Å². The van der Waals surface area contributed by atoms with Gasteiger partial charge in [-0.1, -0.05) is 19.1 Å². The minimum Gasteiger partial charge on any atom is -0.497 e. The van der Waals surface area contributed by atoms with Crippen LogP contribution in [-0.4, -0.2) is 23.7 Å². The Balaban J connectivity index is 2.05. The van der Waals surface area contributed by atoms with Gasteiger partial charge in [0.25, 0.3) is 0 Å². The Bertz CT molecular complexity index is 570. The predicted molar refractivity (Wildman–Crippen MR) is 82.9 cm³/mol. The number of benzene rings is 1. The maximum atomic E-state index is 5.46. The van der Waals surface area contributed by atoms with Crippen molar-refractivity contribution in [2.24, 2.45) is 0 Å². The third-order valence-corrected chi connectivity index (χ3v) is 2.99. The van der Waals surface area contributed by atoms with E-state index in [-0.39, 0.29) is 0 Å². The highest BCUT2D eigenvalue weighted by atomic mass is 16.5. The lowest BCUT2D eigenvalue weighted by molar-refractivity contribution is 0.325. The predicted octanol–water partition coefficient (Wildman–Crippen LogP) is 3.06. The van der Waals surface area contributed by atoms with E-state index >= 15 is 0 Å². The third kappa shape index (κ3) is 4.34. The molecule has 1 aromatic carbocycles. The minimum absolute atomic E-state index is 0.595. The molecule has 0 aliphatic carbocycles. The van der Waals surface area contributed by atoms with Crippen molar-refractivity contribution in [2.45, 2.75) is 26.8 Å². The topological polar surface area (TPSA) is 56.3 Å². The number of ether oxygens (including phenoxy) is 2. The first-order valence-electron chi connectivity index (χ1n) is 7.12. The number of hydrogen-bond acceptors (Lipinski definition) is 5. The van der Waals surface area contributed by atoms with Gasteiger partial charge in [-0.2, -0.15) is 4.98 Å². The zero-order chi connectivity index (χ0) is 15.1. The van der Waals surface area contributed by atoms with Gasteiger partial charge < -0.3 is 14.8 Å². The number of nitrogens with one attached hydrogen (secondary N) is 1. The van der Waals surface area contributed by atoms with Gasteiger partial charge in [-0.3, -0.25) is 0 Å². The van der Waals surface area contributed by atoms with E-state index in [0.717, 1.165) is 29.4 Å². The first-order valence-corrected chi connectivity index (χ1v) is 7.12. The molecule has 5 heteroatoms. The average molecular weight is 287 g/mol. The molecule has 2 rings (SSSR count). The quantitative estimate of drug-likeness (QED) is 0.848. The van der Waals surface area contributed by atoms with Crippen molar-refractivity contribution in [3.63, 3.8) is 0 Å². The molecule has 0 aliphatic rings. The second-order valence-electron chi connectivity index (χ2n) is 4.50. The third-order valence-electron chi connectivity index (χ3n) is 2.99. The molecule has 0 radical (unpaired) electrons. The molecule has 0 bridgehead atoms. The minimum atomic E-state index is 0.595. The molecule has 21 heavy (non-hydrogen) atoms. The summed E-state index contributed by atoms with van der Waals surface area (Å²) < 4.78 is 10.6. The van der Waals surface area contributed by atoms with Gasteiger partial charge in [-0.15, -0.1) is 0 Å². The van der Waals surface area contributed by atoms with Crippen LogP contribution in [0.1, 0.15) is 25.2 Å². The maximum absolute atomic E-state index is 5.46. The van der Waals surface area contributed by atoms with Gasteiger partial charge in [0, 0.05) is 19.0 Å². The highest BCUT2D eigenvalue weighted by Gasteiger charge is 2.04. The van der Waals surface area contributed by atoms with Crippen molar-refractivity contribution in [3.8, 4) is 11.6 Å². The first kappa shape index (κ1) is 15.1. The van der Waals surface area contributed by atoms with E-state index in [1.165, 1.54) is 0 Å². The van der Waals surface area contributed by atoms with Crippen molar-refractivity contribution in [2.75, 3.05) is 19.0 Å². The molecule has 0 atom stereocenters. The summed E-state index contributed by atoms with van der Waals surface area (Å²) in [6.07, 6.45) is 0.776. The van der Waals surface area contributed by atoms with Crippen LogP contribution >= 0.6 is 0 Å². The molecule has 112 valence electrons. The molecule has 0 aliphatic heterocycles. The summed E-state index contributed by atoms with van der Waals surface area (Å²) in [5.74, 6) is 3.02. The molecule has 1 aromatic heterocycles. The number of aryl methyl sites for hydroxylation is 1. The largest absolute Gasteiger partial charge is 0.497 e. The van der Waals surface area contributed by atoms with Gasteiger partial charge in [0.1, 0.15) is 17.4 Å². The van der Waals surface area contributed by atoms with E-state index in [4.69, 9.17) is 9.47 Å². The van der Waals surface area contributed by atoms with Crippen LogP contribution < -0.4 is 14.8 Å². The van der Waals surface area contributed by atoms with Gasteiger partial charge in [0.2, 0.25) is 5.88 Å². The van der Waals surface area contributed by atoms with Crippen LogP contribution in [0.4, 0.5) is 5.82 Å². The molecule has 0 saturated carbocycles. The second-order valence-corrected chi connectivity index (χ2v) is 4.50. The summed E-state index contributed by atoms with van der Waals surface area (Å²) in [6.45, 7) is 5.25. The molecule has 0 fully saturated rings. The van der Waals surface area contributed by atoms with E-state index in [1.54, 1.807) is 7.11 Å². The lowest BCUT2D eigenvalue weighted by Crippen LogP contribution is -2.06. The Morgan fingerprint density at radius 1 is 1.10 bits per heavy atom. The number of hydrogen-bond donors (Lipinski definition) is 1. The Labute approximate surface area is 125 Å². The monoisotopic (exact) mass is 287 g/mol. The van der Waals surface area contributed by atoms with E-state index < -0.39 is 0 Å². The highest BCUT2D eigenvalue weighted by Crippen LogP contribution is 2.16. The number of aromatic nitrogens is 2. The summed E-state index contributed by atoms with van der Waals surface area (Å²) in [7, 11) is 1.66. The molecular weight excluding hydrogens is 266 g/mol. The van der Waals surface area contributed by atoms with E-state index in [0.29, 0.717) is 19.0 Å². The highest BCUT2D eigenvalue weighted by molar-refractivity contribution is 5.40. The van der Waals surface area contributed by atoms with Gasteiger partial charge in [-0.25, -0.2) is 4.98 Å². The molecule has 1 heterocycles. The van der Waals surface area contributed by atoms with Crippen LogP contribution in [0, 0.1) is 0 Å². The van der Waals surface area contributed by atoms with Crippen molar-refractivity contribution in [1.82, 2.24) is 9.97 Å². The Hall–Kier alpha value is -2.30. The maximum Gasteiger partial charge on any atom is 0.218 e. The van der Waals surface area contributed by atoms with E-state index in [9.17, 15) is 0 Å². The van der Waals surface area contributed by atoms with Crippen molar-refractivity contribution in [3.05, 3.63) is 41.7 Å².